The number of carbonyl (C=O) groups is 5. The van der Waals surface area contributed by atoms with Crippen LogP contribution in [-0.2, 0) is 24.0 Å². The second kappa shape index (κ2) is 15.4. The summed E-state index contributed by atoms with van der Waals surface area (Å²) in [4.78, 5) is 63.4. The Morgan fingerprint density at radius 1 is 0.941 bits per heavy atom. The van der Waals surface area contributed by atoms with Gasteiger partial charge in [-0.2, -0.15) is 0 Å². The lowest BCUT2D eigenvalue weighted by molar-refractivity contribution is -0.147. The number of aliphatic carboxylic acids is 2. The SMILES string of the molecule is CCC(C)C(NC(=O)C(CO)NC(=O)C(N)CCCN=C(N)N)C(=O)NC(CC(=O)O)C(=O)O. The first kappa shape index (κ1) is 30.5. The van der Waals surface area contributed by atoms with Crippen LogP contribution in [0.5, 0.6) is 0 Å². The van der Waals surface area contributed by atoms with Gasteiger partial charge < -0.3 is 48.5 Å². The van der Waals surface area contributed by atoms with Crippen molar-refractivity contribution in [2.45, 2.75) is 63.7 Å². The molecule has 0 aromatic rings. The van der Waals surface area contributed by atoms with Gasteiger partial charge in [0.1, 0.15) is 18.1 Å². The number of aliphatic hydroxyl groups excluding tert-OH is 1. The third-order valence-corrected chi connectivity index (χ3v) is 4.91. The molecule has 0 radical (unpaired) electrons. The Bertz CT molecular complexity index is 757. The number of nitrogens with zero attached hydrogens (tertiary/aromatic N) is 1. The quantitative estimate of drug-likeness (QED) is 0.0580. The molecule has 0 aliphatic rings. The van der Waals surface area contributed by atoms with Gasteiger partial charge in [0, 0.05) is 6.54 Å². The highest BCUT2D eigenvalue weighted by Gasteiger charge is 2.33. The van der Waals surface area contributed by atoms with E-state index in [4.69, 9.17) is 27.4 Å². The molecule has 0 aromatic heterocycles. The molecule has 5 unspecified atom stereocenters. The second-order valence-corrected chi connectivity index (χ2v) is 7.67. The number of rotatable bonds is 16. The summed E-state index contributed by atoms with van der Waals surface area (Å²) in [5.41, 5.74) is 16.2. The molecule has 12 N–H and O–H groups in total. The van der Waals surface area contributed by atoms with E-state index in [1.807, 2.05) is 0 Å². The molecule has 15 heteroatoms. The van der Waals surface area contributed by atoms with Crippen LogP contribution in [0, 0.1) is 5.92 Å². The molecule has 3 amide bonds. The summed E-state index contributed by atoms with van der Waals surface area (Å²) in [6, 6.07) is -5.42. The Hall–Kier alpha value is -3.46. The van der Waals surface area contributed by atoms with Crippen LogP contribution < -0.4 is 33.2 Å². The number of carbonyl (C=O) groups excluding carboxylic acids is 3. The number of nitrogens with one attached hydrogen (secondary N) is 3. The van der Waals surface area contributed by atoms with E-state index in [-0.39, 0.29) is 18.9 Å². The average Bonchev–Trinajstić information content (AvgIpc) is 2.76. The van der Waals surface area contributed by atoms with Gasteiger partial charge >= 0.3 is 11.9 Å². The normalized spacial score (nSPS) is 15.1. The van der Waals surface area contributed by atoms with Crippen LogP contribution in [0.3, 0.4) is 0 Å². The third-order valence-electron chi connectivity index (χ3n) is 4.91. The van der Waals surface area contributed by atoms with Gasteiger partial charge in [-0.25, -0.2) is 4.79 Å². The first-order valence-corrected chi connectivity index (χ1v) is 10.6. The van der Waals surface area contributed by atoms with Crippen LogP contribution in [0.2, 0.25) is 0 Å². The minimum absolute atomic E-state index is 0.104. The highest BCUT2D eigenvalue weighted by molar-refractivity contribution is 5.94. The number of hydrogen-bond donors (Lipinski definition) is 9. The van der Waals surface area contributed by atoms with E-state index in [1.54, 1.807) is 13.8 Å². The fraction of sp³-hybridized carbons (Fsp3) is 0.684. The molecule has 0 heterocycles. The van der Waals surface area contributed by atoms with E-state index in [0.29, 0.717) is 12.8 Å². The highest BCUT2D eigenvalue weighted by Crippen LogP contribution is 2.09. The lowest BCUT2D eigenvalue weighted by atomic mass is 9.97. The molecule has 0 aliphatic heterocycles. The van der Waals surface area contributed by atoms with Gasteiger partial charge in [-0.05, 0) is 18.8 Å². The van der Waals surface area contributed by atoms with Gasteiger partial charge in [0.25, 0.3) is 0 Å². The Labute approximate surface area is 196 Å². The molecule has 0 aromatic carbocycles. The van der Waals surface area contributed by atoms with E-state index in [0.717, 1.165) is 0 Å². The lowest BCUT2D eigenvalue weighted by Gasteiger charge is -2.27. The standard InChI is InChI=1S/C19H35N7O8/c1-3-9(2)14(17(32)24-11(18(33)34)7-13(28)29)26-16(31)12(8-27)25-15(30)10(20)5-4-6-23-19(21)22/h9-12,14,27H,3-8,20H2,1-2H3,(H,24,32)(H,25,30)(H,26,31)(H,28,29)(H,33,34)(H4,21,22,23). The summed E-state index contributed by atoms with van der Waals surface area (Å²) >= 11 is 0. The maximum absolute atomic E-state index is 12.6. The Morgan fingerprint density at radius 2 is 1.53 bits per heavy atom. The smallest absolute Gasteiger partial charge is 0.326 e. The van der Waals surface area contributed by atoms with Gasteiger partial charge in [-0.1, -0.05) is 20.3 Å². The minimum atomic E-state index is -1.71. The number of aliphatic imine (C=N–C) groups is 1. The van der Waals surface area contributed by atoms with E-state index in [9.17, 15) is 29.1 Å². The van der Waals surface area contributed by atoms with Crippen LogP contribution in [0.25, 0.3) is 0 Å². The van der Waals surface area contributed by atoms with Crippen LogP contribution in [-0.4, -0.2) is 88.3 Å². The lowest BCUT2D eigenvalue weighted by Crippen LogP contribution is -2.59. The van der Waals surface area contributed by atoms with Gasteiger partial charge in [0.2, 0.25) is 17.7 Å². The largest absolute Gasteiger partial charge is 0.481 e. The van der Waals surface area contributed by atoms with Crippen molar-refractivity contribution in [1.29, 1.82) is 0 Å². The summed E-state index contributed by atoms with van der Waals surface area (Å²) < 4.78 is 0. The fourth-order valence-corrected chi connectivity index (χ4v) is 2.72. The minimum Gasteiger partial charge on any atom is -0.481 e. The molecular formula is C19H35N7O8. The Kier molecular flexibility index (Phi) is 13.8. The molecular weight excluding hydrogens is 454 g/mol. The first-order valence-electron chi connectivity index (χ1n) is 10.6. The van der Waals surface area contributed by atoms with Crippen molar-refractivity contribution < 1.29 is 39.3 Å². The molecule has 0 bridgehead atoms. The molecule has 0 rings (SSSR count). The highest BCUT2D eigenvalue weighted by atomic mass is 16.4. The zero-order valence-corrected chi connectivity index (χ0v) is 19.2. The molecule has 0 saturated carbocycles. The summed E-state index contributed by atoms with van der Waals surface area (Å²) in [6.07, 6.45) is 0.116. The van der Waals surface area contributed by atoms with Crippen molar-refractivity contribution in [1.82, 2.24) is 16.0 Å². The summed E-state index contributed by atoms with van der Waals surface area (Å²) in [5.74, 6) is -6.14. The average molecular weight is 490 g/mol. The molecule has 0 fully saturated rings. The molecule has 194 valence electrons. The van der Waals surface area contributed by atoms with Crippen LogP contribution in [0.4, 0.5) is 0 Å². The Balaban J connectivity index is 5.20. The van der Waals surface area contributed by atoms with Gasteiger partial charge in [-0.15, -0.1) is 0 Å². The molecule has 34 heavy (non-hydrogen) atoms. The van der Waals surface area contributed by atoms with Crippen molar-refractivity contribution in [2.75, 3.05) is 13.2 Å². The number of nitrogens with two attached hydrogens (primary N) is 3. The molecule has 5 atom stereocenters. The number of aliphatic hydroxyl groups is 1. The van der Waals surface area contributed by atoms with Crippen molar-refractivity contribution in [3.8, 4) is 0 Å². The molecule has 0 aliphatic carbocycles. The molecule has 0 spiro atoms. The number of carboxylic acid groups (broad SMARTS) is 2. The summed E-state index contributed by atoms with van der Waals surface area (Å²) in [7, 11) is 0. The predicted molar refractivity (Wildman–Crippen MR) is 120 cm³/mol. The van der Waals surface area contributed by atoms with Gasteiger partial charge in [0.05, 0.1) is 19.1 Å². The summed E-state index contributed by atoms with van der Waals surface area (Å²) in [6.45, 7) is 2.77. The number of hydrogen-bond acceptors (Lipinski definition) is 8. The third kappa shape index (κ3) is 11.4. The van der Waals surface area contributed by atoms with E-state index in [1.165, 1.54) is 0 Å². The van der Waals surface area contributed by atoms with E-state index in [2.05, 4.69) is 20.9 Å². The Morgan fingerprint density at radius 3 is 2.00 bits per heavy atom. The summed E-state index contributed by atoms with van der Waals surface area (Å²) in [5, 5.41) is 34.3. The van der Waals surface area contributed by atoms with Crippen molar-refractivity contribution in [3.05, 3.63) is 0 Å². The zero-order valence-electron chi connectivity index (χ0n) is 19.2. The molecule has 15 nitrogen and oxygen atoms in total. The number of carboxylic acids is 2. The monoisotopic (exact) mass is 489 g/mol. The van der Waals surface area contributed by atoms with Crippen molar-refractivity contribution in [3.63, 3.8) is 0 Å². The topological polar surface area (TPSA) is 273 Å². The maximum atomic E-state index is 12.6. The van der Waals surface area contributed by atoms with Crippen molar-refractivity contribution in [2.24, 2.45) is 28.1 Å². The predicted octanol–water partition coefficient (Wildman–Crippen LogP) is -3.58. The first-order chi connectivity index (χ1) is 15.8. The van der Waals surface area contributed by atoms with Crippen LogP contribution in [0.1, 0.15) is 39.5 Å². The zero-order chi connectivity index (χ0) is 26.4. The number of amides is 3. The maximum Gasteiger partial charge on any atom is 0.326 e. The van der Waals surface area contributed by atoms with Crippen LogP contribution in [0.15, 0.2) is 4.99 Å². The van der Waals surface area contributed by atoms with Gasteiger partial charge in [-0.3, -0.25) is 24.2 Å². The van der Waals surface area contributed by atoms with E-state index >= 15 is 0 Å². The number of guanidine groups is 1. The fourth-order valence-electron chi connectivity index (χ4n) is 2.72. The van der Waals surface area contributed by atoms with Gasteiger partial charge in [0.15, 0.2) is 5.96 Å². The van der Waals surface area contributed by atoms with E-state index < -0.39 is 72.8 Å². The van der Waals surface area contributed by atoms with Crippen LogP contribution >= 0.6 is 0 Å². The molecule has 0 saturated heterocycles. The second-order valence-electron chi connectivity index (χ2n) is 7.67. The van der Waals surface area contributed by atoms with Crippen molar-refractivity contribution >= 4 is 35.6 Å².